The number of hydrogen-bond acceptors (Lipinski definition) is 3. The lowest BCUT2D eigenvalue weighted by Gasteiger charge is -2.29. The van der Waals surface area contributed by atoms with Crippen LogP contribution in [-0.2, 0) is 9.59 Å². The molecule has 5 nitrogen and oxygen atoms in total. The van der Waals surface area contributed by atoms with E-state index in [4.69, 9.17) is 16.3 Å². The molecule has 0 aliphatic carbocycles. The largest absolute Gasteiger partial charge is 0.482 e. The Morgan fingerprint density at radius 3 is 2.84 bits per heavy atom. The molecule has 0 radical (unpaired) electrons. The summed E-state index contributed by atoms with van der Waals surface area (Å²) in [6.45, 7) is 0.274. The number of para-hydroxylation sites is 2. The number of halogens is 2. The van der Waals surface area contributed by atoms with Crippen LogP contribution in [0.15, 0.2) is 46.9 Å². The molecule has 0 fully saturated rings. The molecule has 0 spiro atoms. The van der Waals surface area contributed by atoms with E-state index >= 15 is 0 Å². The zero-order chi connectivity index (χ0) is 18.0. The summed E-state index contributed by atoms with van der Waals surface area (Å²) in [6, 6.07) is 12.6. The van der Waals surface area contributed by atoms with E-state index in [9.17, 15) is 9.59 Å². The van der Waals surface area contributed by atoms with Crippen molar-refractivity contribution in [2.24, 2.45) is 0 Å². The van der Waals surface area contributed by atoms with Gasteiger partial charge >= 0.3 is 0 Å². The van der Waals surface area contributed by atoms with Gasteiger partial charge < -0.3 is 14.5 Å². The van der Waals surface area contributed by atoms with Crippen LogP contribution in [0.3, 0.4) is 0 Å². The molecule has 130 valence electrons. The van der Waals surface area contributed by atoms with Gasteiger partial charge in [0.05, 0.1) is 16.4 Å². The highest BCUT2D eigenvalue weighted by Gasteiger charge is 2.26. The van der Waals surface area contributed by atoms with Gasteiger partial charge in [0.2, 0.25) is 5.91 Å². The van der Waals surface area contributed by atoms with Crippen molar-refractivity contribution in [3.8, 4) is 5.75 Å². The molecule has 3 rings (SSSR count). The molecule has 2 aromatic carbocycles. The maximum absolute atomic E-state index is 12.5. The number of anilines is 2. The normalized spacial score (nSPS) is 13.2. The summed E-state index contributed by atoms with van der Waals surface area (Å²) in [5.41, 5.74) is 1.32. The first-order valence-electron chi connectivity index (χ1n) is 7.71. The first-order valence-corrected chi connectivity index (χ1v) is 8.88. The van der Waals surface area contributed by atoms with E-state index in [-0.39, 0.29) is 31.4 Å². The van der Waals surface area contributed by atoms with Crippen LogP contribution >= 0.6 is 27.5 Å². The molecule has 0 atom stereocenters. The number of nitrogens with zero attached hydrogens (tertiary/aromatic N) is 2. The molecule has 1 heterocycles. The van der Waals surface area contributed by atoms with Crippen LogP contribution in [0, 0.1) is 0 Å². The van der Waals surface area contributed by atoms with Crippen LogP contribution in [0.1, 0.15) is 6.42 Å². The third-order valence-electron chi connectivity index (χ3n) is 4.00. The second-order valence-corrected chi connectivity index (χ2v) is 6.92. The van der Waals surface area contributed by atoms with E-state index in [1.807, 2.05) is 30.3 Å². The van der Waals surface area contributed by atoms with E-state index in [1.54, 1.807) is 24.1 Å². The number of ether oxygens (including phenoxy) is 1. The third kappa shape index (κ3) is 3.80. The molecule has 25 heavy (non-hydrogen) atoms. The number of rotatable bonds is 4. The lowest BCUT2D eigenvalue weighted by molar-refractivity contribution is -0.121. The standard InChI is InChI=1S/C18H16BrClN2O3/c1-21(14-7-6-12(19)10-13(14)20)17(23)8-9-22-15-4-2-3-5-16(15)25-11-18(22)24/h2-7,10H,8-9,11H2,1H3. The molecule has 0 aromatic heterocycles. The SMILES string of the molecule is CN(C(=O)CCN1C(=O)COc2ccccc21)c1ccc(Br)cc1Cl. The Balaban J connectivity index is 1.71. The van der Waals surface area contributed by atoms with E-state index in [2.05, 4.69) is 15.9 Å². The fourth-order valence-electron chi connectivity index (χ4n) is 2.66. The molecule has 2 aromatic rings. The quantitative estimate of drug-likeness (QED) is 0.750. The summed E-state index contributed by atoms with van der Waals surface area (Å²) in [5, 5.41) is 0.484. The van der Waals surface area contributed by atoms with Crippen LogP contribution in [0.2, 0.25) is 5.02 Å². The number of carbonyl (C=O) groups is 2. The lowest BCUT2D eigenvalue weighted by Crippen LogP contribution is -2.41. The van der Waals surface area contributed by atoms with Crippen molar-refractivity contribution in [2.75, 3.05) is 30.0 Å². The molecule has 7 heteroatoms. The van der Waals surface area contributed by atoms with Gasteiger partial charge in [-0.15, -0.1) is 0 Å². The summed E-state index contributed by atoms with van der Waals surface area (Å²) in [6.07, 6.45) is 0.183. The fourth-order valence-corrected chi connectivity index (χ4v) is 3.46. The Hall–Kier alpha value is -2.05. The first-order chi connectivity index (χ1) is 12.0. The molecule has 0 saturated carbocycles. The number of fused-ring (bicyclic) bond motifs is 1. The predicted molar refractivity (Wildman–Crippen MR) is 101 cm³/mol. The topological polar surface area (TPSA) is 49.9 Å². The molecule has 1 aliphatic rings. The van der Waals surface area contributed by atoms with Crippen LogP contribution in [0.4, 0.5) is 11.4 Å². The number of hydrogen-bond donors (Lipinski definition) is 0. The zero-order valence-electron chi connectivity index (χ0n) is 13.5. The van der Waals surface area contributed by atoms with Gasteiger partial charge in [-0.3, -0.25) is 9.59 Å². The Bertz CT molecular complexity index is 828. The average Bonchev–Trinajstić information content (AvgIpc) is 2.60. The van der Waals surface area contributed by atoms with Gasteiger partial charge in [-0.05, 0) is 30.3 Å². The molecule has 1 aliphatic heterocycles. The van der Waals surface area contributed by atoms with Gasteiger partial charge in [0.1, 0.15) is 5.75 Å². The highest BCUT2D eigenvalue weighted by molar-refractivity contribution is 9.10. The van der Waals surface area contributed by atoms with Crippen molar-refractivity contribution in [2.45, 2.75) is 6.42 Å². The lowest BCUT2D eigenvalue weighted by atomic mass is 10.2. The molecular weight excluding hydrogens is 408 g/mol. The van der Waals surface area contributed by atoms with Crippen LogP contribution < -0.4 is 14.5 Å². The van der Waals surface area contributed by atoms with E-state index < -0.39 is 0 Å². The van der Waals surface area contributed by atoms with Crippen LogP contribution in [0.5, 0.6) is 5.75 Å². The smallest absolute Gasteiger partial charge is 0.265 e. The Labute approximate surface area is 159 Å². The summed E-state index contributed by atoms with van der Waals surface area (Å²) < 4.78 is 6.25. The molecule has 0 N–H and O–H groups in total. The summed E-state index contributed by atoms with van der Waals surface area (Å²) in [7, 11) is 1.67. The van der Waals surface area contributed by atoms with Crippen molar-refractivity contribution >= 4 is 50.7 Å². The van der Waals surface area contributed by atoms with Crippen molar-refractivity contribution in [3.05, 3.63) is 52.0 Å². The van der Waals surface area contributed by atoms with Crippen molar-refractivity contribution in [1.29, 1.82) is 0 Å². The third-order valence-corrected chi connectivity index (χ3v) is 4.80. The van der Waals surface area contributed by atoms with E-state index in [0.717, 1.165) is 4.47 Å². The Kier molecular flexibility index (Phi) is 5.30. The first kappa shape index (κ1) is 17.8. The van der Waals surface area contributed by atoms with Gasteiger partial charge in [0.15, 0.2) is 6.61 Å². The minimum atomic E-state index is -0.157. The second kappa shape index (κ2) is 7.45. The summed E-state index contributed by atoms with van der Waals surface area (Å²) >= 11 is 9.55. The van der Waals surface area contributed by atoms with Crippen molar-refractivity contribution in [3.63, 3.8) is 0 Å². The van der Waals surface area contributed by atoms with Crippen LogP contribution in [0.25, 0.3) is 0 Å². The fraction of sp³-hybridized carbons (Fsp3) is 0.222. The number of carbonyl (C=O) groups excluding carboxylic acids is 2. The molecule has 0 saturated heterocycles. The van der Waals surface area contributed by atoms with E-state index in [0.29, 0.717) is 22.1 Å². The van der Waals surface area contributed by atoms with E-state index in [1.165, 1.54) is 4.90 Å². The van der Waals surface area contributed by atoms with Gasteiger partial charge in [0, 0.05) is 24.5 Å². The molecule has 2 amide bonds. The minimum Gasteiger partial charge on any atom is -0.482 e. The number of benzene rings is 2. The molecular formula is C18H16BrClN2O3. The predicted octanol–water partition coefficient (Wildman–Crippen LogP) is 3.88. The summed E-state index contributed by atoms with van der Waals surface area (Å²) in [5.74, 6) is 0.371. The molecule has 0 bridgehead atoms. The Morgan fingerprint density at radius 2 is 2.08 bits per heavy atom. The number of amides is 2. The summed E-state index contributed by atoms with van der Waals surface area (Å²) in [4.78, 5) is 27.8. The minimum absolute atomic E-state index is 0.0143. The maximum atomic E-state index is 12.5. The van der Waals surface area contributed by atoms with Gasteiger partial charge in [-0.1, -0.05) is 39.7 Å². The maximum Gasteiger partial charge on any atom is 0.265 e. The molecule has 0 unspecified atom stereocenters. The van der Waals surface area contributed by atoms with Gasteiger partial charge in [-0.2, -0.15) is 0 Å². The average molecular weight is 424 g/mol. The zero-order valence-corrected chi connectivity index (χ0v) is 15.9. The highest BCUT2D eigenvalue weighted by Crippen LogP contribution is 2.32. The second-order valence-electron chi connectivity index (χ2n) is 5.60. The monoisotopic (exact) mass is 422 g/mol. The van der Waals surface area contributed by atoms with Crippen molar-refractivity contribution in [1.82, 2.24) is 0 Å². The highest BCUT2D eigenvalue weighted by atomic mass is 79.9. The Morgan fingerprint density at radius 1 is 1.32 bits per heavy atom. The van der Waals surface area contributed by atoms with Gasteiger partial charge in [0.25, 0.3) is 5.91 Å². The van der Waals surface area contributed by atoms with Crippen molar-refractivity contribution < 1.29 is 14.3 Å². The van der Waals surface area contributed by atoms with Gasteiger partial charge in [-0.25, -0.2) is 0 Å². The van der Waals surface area contributed by atoms with Crippen LogP contribution in [-0.4, -0.2) is 32.0 Å².